The van der Waals surface area contributed by atoms with Crippen LogP contribution in [0.5, 0.6) is 11.5 Å². The van der Waals surface area contributed by atoms with E-state index >= 15 is 0 Å². The lowest BCUT2D eigenvalue weighted by Gasteiger charge is -2.03. The molecule has 0 unspecified atom stereocenters. The number of phenolic OH excluding ortho intramolecular Hbond substituents is 1. The monoisotopic (exact) mass is 284 g/mol. The fourth-order valence-corrected chi connectivity index (χ4v) is 2.49. The molecule has 2 nitrogen and oxygen atoms in total. The molecule has 0 aliphatic heterocycles. The van der Waals surface area contributed by atoms with Crippen LogP contribution in [0.3, 0.4) is 0 Å². The molecule has 0 fully saturated rings. The Morgan fingerprint density at radius 3 is 2.60 bits per heavy atom. The van der Waals surface area contributed by atoms with Crippen molar-refractivity contribution in [2.24, 2.45) is 0 Å². The van der Waals surface area contributed by atoms with Gasteiger partial charge in [-0.05, 0) is 46.3 Å². The molecule has 1 N–H and O–H groups in total. The van der Waals surface area contributed by atoms with Crippen LogP contribution in [0.25, 0.3) is 0 Å². The van der Waals surface area contributed by atoms with Gasteiger partial charge in [0.05, 0.1) is 0 Å². The molecule has 0 saturated carbocycles. The summed E-state index contributed by atoms with van der Waals surface area (Å²) in [5.41, 5.74) is 0. The molecule has 0 atom stereocenters. The minimum atomic E-state index is 0.251. The number of aromatic hydroxyl groups is 1. The minimum absolute atomic E-state index is 0.251. The smallest absolute Gasteiger partial charge is 0.122 e. The van der Waals surface area contributed by atoms with Crippen molar-refractivity contribution in [2.45, 2.75) is 6.61 Å². The van der Waals surface area contributed by atoms with Gasteiger partial charge in [0.2, 0.25) is 0 Å². The molecule has 2 aromatic rings. The van der Waals surface area contributed by atoms with Crippen molar-refractivity contribution in [2.75, 3.05) is 0 Å². The minimum Gasteiger partial charge on any atom is -0.508 e. The highest BCUT2D eigenvalue weighted by Gasteiger charge is 1.99. The zero-order valence-electron chi connectivity index (χ0n) is 7.81. The SMILES string of the molecule is Oc1ccc(OCc2cc(Br)cs2)cc1. The third kappa shape index (κ3) is 2.97. The number of phenols is 1. The van der Waals surface area contributed by atoms with Crippen molar-refractivity contribution in [1.29, 1.82) is 0 Å². The summed E-state index contributed by atoms with van der Waals surface area (Å²) in [6, 6.07) is 8.75. The van der Waals surface area contributed by atoms with Crippen LogP contribution in [-0.4, -0.2) is 5.11 Å². The van der Waals surface area contributed by atoms with E-state index in [1.54, 1.807) is 35.6 Å². The molecule has 78 valence electrons. The fraction of sp³-hybridized carbons (Fsp3) is 0.0909. The molecule has 0 bridgehead atoms. The van der Waals surface area contributed by atoms with Gasteiger partial charge >= 0.3 is 0 Å². The van der Waals surface area contributed by atoms with Gasteiger partial charge in [-0.1, -0.05) is 0 Å². The maximum Gasteiger partial charge on any atom is 0.122 e. The third-order valence-electron chi connectivity index (χ3n) is 1.84. The van der Waals surface area contributed by atoms with E-state index in [-0.39, 0.29) is 5.75 Å². The Bertz CT molecular complexity index is 436. The first-order valence-corrected chi connectivity index (χ1v) is 6.06. The predicted octanol–water partition coefficient (Wildman–Crippen LogP) is 3.80. The molecule has 1 heterocycles. The summed E-state index contributed by atoms with van der Waals surface area (Å²) >= 11 is 5.04. The predicted molar refractivity (Wildman–Crippen MR) is 64.5 cm³/mol. The average Bonchev–Trinajstić information content (AvgIpc) is 2.64. The Labute approximate surface area is 100 Å². The first-order valence-electron chi connectivity index (χ1n) is 4.39. The van der Waals surface area contributed by atoms with Crippen molar-refractivity contribution in [3.05, 3.63) is 45.1 Å². The summed E-state index contributed by atoms with van der Waals surface area (Å²) < 4.78 is 6.62. The van der Waals surface area contributed by atoms with Crippen molar-refractivity contribution >= 4 is 27.3 Å². The molecule has 0 radical (unpaired) electrons. The van der Waals surface area contributed by atoms with Gasteiger partial charge in [-0.3, -0.25) is 0 Å². The van der Waals surface area contributed by atoms with Gasteiger partial charge in [0.1, 0.15) is 18.1 Å². The quantitative estimate of drug-likeness (QED) is 0.929. The fourth-order valence-electron chi connectivity index (χ4n) is 1.13. The zero-order chi connectivity index (χ0) is 10.7. The zero-order valence-corrected chi connectivity index (χ0v) is 10.2. The lowest BCUT2D eigenvalue weighted by molar-refractivity contribution is 0.309. The van der Waals surface area contributed by atoms with Crippen LogP contribution in [0.2, 0.25) is 0 Å². The first kappa shape index (κ1) is 10.5. The van der Waals surface area contributed by atoms with Gasteiger partial charge in [0.25, 0.3) is 0 Å². The molecule has 1 aromatic heterocycles. The normalized spacial score (nSPS) is 10.2. The summed E-state index contributed by atoms with van der Waals surface area (Å²) in [5, 5.41) is 11.1. The highest BCUT2D eigenvalue weighted by Crippen LogP contribution is 2.22. The number of ether oxygens (including phenoxy) is 1. The van der Waals surface area contributed by atoms with Crippen LogP contribution in [0.1, 0.15) is 4.88 Å². The Morgan fingerprint density at radius 1 is 1.27 bits per heavy atom. The van der Waals surface area contributed by atoms with E-state index in [1.165, 1.54) is 0 Å². The van der Waals surface area contributed by atoms with E-state index in [1.807, 2.05) is 11.4 Å². The van der Waals surface area contributed by atoms with Crippen LogP contribution >= 0.6 is 27.3 Å². The second-order valence-corrected chi connectivity index (χ2v) is 4.93. The molecular formula is C11H9BrO2S. The average molecular weight is 285 g/mol. The Morgan fingerprint density at radius 2 is 2.00 bits per heavy atom. The summed E-state index contributed by atoms with van der Waals surface area (Å²) in [6.45, 7) is 0.557. The number of benzene rings is 1. The number of rotatable bonds is 3. The molecule has 2 rings (SSSR count). The first-order chi connectivity index (χ1) is 7.24. The lowest BCUT2D eigenvalue weighted by Crippen LogP contribution is -1.91. The van der Waals surface area contributed by atoms with E-state index in [0.29, 0.717) is 6.61 Å². The van der Waals surface area contributed by atoms with Crippen LogP contribution in [0.4, 0.5) is 0 Å². The van der Waals surface area contributed by atoms with Crippen LogP contribution < -0.4 is 4.74 Å². The van der Waals surface area contributed by atoms with Crippen molar-refractivity contribution in [1.82, 2.24) is 0 Å². The number of hydrogen-bond donors (Lipinski definition) is 1. The largest absolute Gasteiger partial charge is 0.508 e. The maximum atomic E-state index is 9.09. The van der Waals surface area contributed by atoms with Gasteiger partial charge in [0, 0.05) is 14.7 Å². The Hall–Kier alpha value is -1.00. The summed E-state index contributed by atoms with van der Waals surface area (Å²) in [5.74, 6) is 1.01. The topological polar surface area (TPSA) is 29.5 Å². The Kier molecular flexibility index (Phi) is 3.28. The molecule has 15 heavy (non-hydrogen) atoms. The lowest BCUT2D eigenvalue weighted by atomic mass is 10.3. The van der Waals surface area contributed by atoms with Gasteiger partial charge < -0.3 is 9.84 Å². The second-order valence-electron chi connectivity index (χ2n) is 3.01. The van der Waals surface area contributed by atoms with Crippen molar-refractivity contribution in [3.63, 3.8) is 0 Å². The van der Waals surface area contributed by atoms with E-state index < -0.39 is 0 Å². The molecule has 0 amide bonds. The highest BCUT2D eigenvalue weighted by molar-refractivity contribution is 9.10. The molecule has 0 aliphatic carbocycles. The standard InChI is InChI=1S/C11H9BrO2S/c12-8-5-11(15-7-8)6-14-10-3-1-9(13)2-4-10/h1-5,7,13H,6H2. The van der Waals surface area contributed by atoms with Gasteiger partial charge in [-0.2, -0.15) is 0 Å². The Balaban J connectivity index is 1.96. The molecule has 0 aliphatic rings. The van der Waals surface area contributed by atoms with Crippen molar-refractivity contribution < 1.29 is 9.84 Å². The van der Waals surface area contributed by atoms with Crippen LogP contribution in [0, 0.1) is 0 Å². The van der Waals surface area contributed by atoms with Gasteiger partial charge in [0.15, 0.2) is 0 Å². The van der Waals surface area contributed by atoms with Crippen LogP contribution in [0.15, 0.2) is 40.2 Å². The molecule has 1 aromatic carbocycles. The van der Waals surface area contributed by atoms with E-state index in [0.717, 1.165) is 15.1 Å². The number of halogens is 1. The molecule has 0 spiro atoms. The van der Waals surface area contributed by atoms with Crippen LogP contribution in [-0.2, 0) is 6.61 Å². The summed E-state index contributed by atoms with van der Waals surface area (Å²) in [4.78, 5) is 1.16. The highest BCUT2D eigenvalue weighted by atomic mass is 79.9. The molecular weight excluding hydrogens is 276 g/mol. The van der Waals surface area contributed by atoms with Gasteiger partial charge in [-0.15, -0.1) is 11.3 Å². The maximum absolute atomic E-state index is 9.09. The van der Waals surface area contributed by atoms with E-state index in [2.05, 4.69) is 15.9 Å². The van der Waals surface area contributed by atoms with E-state index in [4.69, 9.17) is 9.84 Å². The third-order valence-corrected chi connectivity index (χ3v) is 3.51. The van der Waals surface area contributed by atoms with E-state index in [9.17, 15) is 0 Å². The number of thiophene rings is 1. The van der Waals surface area contributed by atoms with Gasteiger partial charge in [-0.25, -0.2) is 0 Å². The second kappa shape index (κ2) is 4.68. The molecule has 4 heteroatoms. The summed E-state index contributed by atoms with van der Waals surface area (Å²) in [6.07, 6.45) is 0. The van der Waals surface area contributed by atoms with Crippen molar-refractivity contribution in [3.8, 4) is 11.5 Å². The summed E-state index contributed by atoms with van der Waals surface area (Å²) in [7, 11) is 0. The number of hydrogen-bond acceptors (Lipinski definition) is 3. The molecule has 0 saturated heterocycles.